The first-order valence-corrected chi connectivity index (χ1v) is 25.9. The number of fused-ring (bicyclic) bond motifs is 10. The summed E-state index contributed by atoms with van der Waals surface area (Å²) in [5, 5.41) is 0. The van der Waals surface area contributed by atoms with Crippen LogP contribution in [-0.2, 0) is 26.2 Å². The lowest BCUT2D eigenvalue weighted by atomic mass is 10.00. The second kappa shape index (κ2) is 20.5. The standard InChI is InChI=1S/C68H54N8/c1-5-33-73(34-6-1)45-49-13-21-53(22-14-49)57-41-65-66-42-58(54-23-15-50(16-24-54)46-74-35-7-2-8-36-74)63(70-66)31-32-64-60(56-27-19-52(20-28-56)48-76-39-11-4-12-40-76)44-68(72-64)67-43-59(62(71-67)30-29-61(57)69-65)55-25-17-51(18-26-55)47-75-37-9-3-10-38-75/h1-44,69-70H,45-48H2/q+4. The first kappa shape index (κ1) is 45.9. The quantitative estimate of drug-likeness (QED) is 0.120. The highest BCUT2D eigenvalue weighted by atomic mass is 14.9. The summed E-state index contributed by atoms with van der Waals surface area (Å²) in [5.74, 6) is 0. The van der Waals surface area contributed by atoms with Crippen LogP contribution in [-0.4, -0.2) is 19.9 Å². The summed E-state index contributed by atoms with van der Waals surface area (Å²) < 4.78 is 8.78. The molecule has 8 bridgehead atoms. The van der Waals surface area contributed by atoms with Gasteiger partial charge >= 0.3 is 0 Å². The third-order valence-electron chi connectivity index (χ3n) is 14.3. The number of nitrogens with zero attached hydrogens (tertiary/aromatic N) is 6. The van der Waals surface area contributed by atoms with Gasteiger partial charge in [-0.1, -0.05) is 121 Å². The summed E-state index contributed by atoms with van der Waals surface area (Å²) in [6, 6.07) is 73.6. The minimum Gasteiger partial charge on any atom is -0.353 e. The summed E-state index contributed by atoms with van der Waals surface area (Å²) in [7, 11) is 0. The fraction of sp³-hybridized carbons (Fsp3) is 0.0588. The molecule has 8 heteroatoms. The Kier molecular flexibility index (Phi) is 12.4. The van der Waals surface area contributed by atoms with Crippen LogP contribution in [0.3, 0.4) is 0 Å². The van der Waals surface area contributed by atoms with E-state index in [1.54, 1.807) is 0 Å². The Labute approximate surface area is 441 Å². The zero-order chi connectivity index (χ0) is 50.6. The largest absolute Gasteiger partial charge is 0.353 e. The molecule has 2 aliphatic rings. The van der Waals surface area contributed by atoms with Crippen molar-refractivity contribution >= 4 is 45.4 Å². The number of pyridine rings is 4. The lowest BCUT2D eigenvalue weighted by Crippen LogP contribution is -2.32. The van der Waals surface area contributed by atoms with Crippen molar-refractivity contribution in [3.8, 4) is 22.3 Å². The second-order valence-electron chi connectivity index (χ2n) is 19.5. The maximum absolute atomic E-state index is 5.42. The van der Waals surface area contributed by atoms with Crippen molar-refractivity contribution < 1.29 is 18.3 Å². The van der Waals surface area contributed by atoms with Gasteiger partial charge in [-0.05, 0) is 70.8 Å². The van der Waals surface area contributed by atoms with Crippen LogP contribution in [0.25, 0.3) is 67.6 Å². The van der Waals surface area contributed by atoms with Crippen LogP contribution >= 0.6 is 0 Å². The minimum absolute atomic E-state index is 0.787. The molecule has 0 aliphatic carbocycles. The summed E-state index contributed by atoms with van der Waals surface area (Å²) >= 11 is 0. The van der Waals surface area contributed by atoms with Crippen molar-refractivity contribution in [1.29, 1.82) is 0 Å². The van der Waals surface area contributed by atoms with Gasteiger partial charge in [0.2, 0.25) is 0 Å². The van der Waals surface area contributed by atoms with Crippen LogP contribution in [0, 0.1) is 0 Å². The molecule has 0 fully saturated rings. The van der Waals surface area contributed by atoms with Crippen molar-refractivity contribution in [2.24, 2.45) is 0 Å². The van der Waals surface area contributed by atoms with E-state index >= 15 is 0 Å². The van der Waals surface area contributed by atoms with Crippen LogP contribution in [0.4, 0.5) is 0 Å². The molecule has 0 atom stereocenters. The van der Waals surface area contributed by atoms with E-state index in [-0.39, 0.29) is 0 Å². The Morgan fingerprint density at radius 1 is 0.289 bits per heavy atom. The third-order valence-corrected chi connectivity index (χ3v) is 14.3. The van der Waals surface area contributed by atoms with Crippen LogP contribution in [0.15, 0.2) is 256 Å². The van der Waals surface area contributed by atoms with E-state index < -0.39 is 0 Å². The normalized spacial score (nSPS) is 12.1. The molecule has 2 N–H and O–H groups in total. The van der Waals surface area contributed by atoms with Gasteiger partial charge < -0.3 is 9.97 Å². The van der Waals surface area contributed by atoms with Gasteiger partial charge in [0.25, 0.3) is 0 Å². The molecule has 0 radical (unpaired) electrons. The van der Waals surface area contributed by atoms with Crippen molar-refractivity contribution in [1.82, 2.24) is 19.9 Å². The SMILES string of the molecule is C1=C(c2ccc(C[n+]3ccccc3)cc2)c2ccc3[nH]c(cc3-c3ccc(C[n+]4ccccc4)cc3)c3cc(-c4ccc(C[n+]5ccccc5)cc4)c(ccc4nc(c1n2)C=C4c1ccc(C[n+]2ccccc2)cc1)[nH]3. The van der Waals surface area contributed by atoms with E-state index in [1.165, 1.54) is 22.3 Å². The van der Waals surface area contributed by atoms with E-state index in [0.717, 1.165) is 116 Å². The third kappa shape index (κ3) is 9.95. The molecule has 0 amide bonds. The van der Waals surface area contributed by atoms with Gasteiger partial charge in [0.05, 0.1) is 33.8 Å². The van der Waals surface area contributed by atoms with Crippen LogP contribution in [0.1, 0.15) is 56.2 Å². The Morgan fingerprint density at radius 3 is 0.882 bits per heavy atom. The van der Waals surface area contributed by atoms with E-state index in [2.05, 4.69) is 284 Å². The molecular weight excluding hydrogens is 929 g/mol. The molecule has 11 aromatic rings. The highest BCUT2D eigenvalue weighted by Crippen LogP contribution is 2.36. The molecule has 362 valence electrons. The number of aromatic nitrogens is 8. The Balaban J connectivity index is 0.974. The zero-order valence-electron chi connectivity index (χ0n) is 41.9. The molecule has 9 heterocycles. The van der Waals surface area contributed by atoms with E-state index in [4.69, 9.17) is 9.97 Å². The molecule has 0 spiro atoms. The second-order valence-corrected chi connectivity index (χ2v) is 19.5. The summed E-state index contributed by atoms with van der Waals surface area (Å²) in [5.41, 5.74) is 20.9. The molecule has 0 saturated carbocycles. The van der Waals surface area contributed by atoms with Crippen molar-refractivity contribution in [2.45, 2.75) is 26.2 Å². The Bertz CT molecular complexity index is 3820. The average Bonchev–Trinajstić information content (AvgIpc) is 4.30. The van der Waals surface area contributed by atoms with Crippen LogP contribution in [0.2, 0.25) is 0 Å². The maximum Gasteiger partial charge on any atom is 0.173 e. The average molecular weight is 983 g/mol. The molecule has 13 rings (SSSR count). The monoisotopic (exact) mass is 982 g/mol. The number of hydrogen-bond donors (Lipinski definition) is 2. The number of rotatable bonds is 12. The molecular formula is C68H54N8+4. The lowest BCUT2D eigenvalue weighted by Gasteiger charge is -2.04. The van der Waals surface area contributed by atoms with Crippen LogP contribution in [0.5, 0.6) is 0 Å². The fourth-order valence-corrected chi connectivity index (χ4v) is 10.3. The topological polar surface area (TPSA) is 72.9 Å². The number of aromatic amines is 2. The van der Waals surface area contributed by atoms with Crippen LogP contribution < -0.4 is 18.3 Å². The van der Waals surface area contributed by atoms with Crippen molar-refractivity contribution in [2.75, 3.05) is 0 Å². The molecule has 0 saturated heterocycles. The van der Waals surface area contributed by atoms with Gasteiger partial charge in [-0.15, -0.1) is 0 Å². The predicted molar refractivity (Wildman–Crippen MR) is 302 cm³/mol. The Hall–Kier alpha value is -9.92. The van der Waals surface area contributed by atoms with Gasteiger partial charge in [-0.2, -0.15) is 0 Å². The Morgan fingerprint density at radius 2 is 0.579 bits per heavy atom. The predicted octanol–water partition coefficient (Wildman–Crippen LogP) is 12.2. The molecule has 76 heavy (non-hydrogen) atoms. The number of hydrogen-bond acceptors (Lipinski definition) is 2. The highest BCUT2D eigenvalue weighted by Gasteiger charge is 2.21. The van der Waals surface area contributed by atoms with Gasteiger partial charge in [0, 0.05) is 104 Å². The van der Waals surface area contributed by atoms with E-state index in [0.29, 0.717) is 0 Å². The number of nitrogens with one attached hydrogen (secondary N) is 2. The molecule has 0 unspecified atom stereocenters. The molecule has 2 aliphatic heterocycles. The fourth-order valence-electron chi connectivity index (χ4n) is 10.3. The first-order chi connectivity index (χ1) is 37.6. The minimum atomic E-state index is 0.787. The van der Waals surface area contributed by atoms with E-state index in [1.807, 2.05) is 12.1 Å². The summed E-state index contributed by atoms with van der Waals surface area (Å²) in [6.07, 6.45) is 21.2. The summed E-state index contributed by atoms with van der Waals surface area (Å²) in [4.78, 5) is 18.6. The van der Waals surface area contributed by atoms with Gasteiger partial charge in [-0.25, -0.2) is 28.2 Å². The highest BCUT2D eigenvalue weighted by molar-refractivity contribution is 5.99. The van der Waals surface area contributed by atoms with Gasteiger partial charge in [-0.3, -0.25) is 0 Å². The first-order valence-electron chi connectivity index (χ1n) is 25.9. The lowest BCUT2D eigenvalue weighted by molar-refractivity contribution is -0.688. The zero-order valence-corrected chi connectivity index (χ0v) is 41.9. The smallest absolute Gasteiger partial charge is 0.173 e. The van der Waals surface area contributed by atoms with Gasteiger partial charge in [0.1, 0.15) is 0 Å². The number of H-pyrrole nitrogens is 2. The molecule has 4 aromatic carbocycles. The molecule has 7 aromatic heterocycles. The summed E-state index contributed by atoms with van der Waals surface area (Å²) in [6.45, 7) is 3.16. The maximum atomic E-state index is 5.42. The van der Waals surface area contributed by atoms with Gasteiger partial charge in [0.15, 0.2) is 75.8 Å². The number of benzene rings is 4. The van der Waals surface area contributed by atoms with Crippen molar-refractivity contribution in [3.63, 3.8) is 0 Å². The van der Waals surface area contributed by atoms with Crippen molar-refractivity contribution in [3.05, 3.63) is 312 Å². The van der Waals surface area contributed by atoms with E-state index in [9.17, 15) is 0 Å². The molecule has 8 nitrogen and oxygen atoms in total.